The molecule has 1 heterocycles. The predicted molar refractivity (Wildman–Crippen MR) is 79.5 cm³/mol. The lowest BCUT2D eigenvalue weighted by Crippen LogP contribution is -2.30. The maximum absolute atomic E-state index is 13.9. The van der Waals surface area contributed by atoms with Gasteiger partial charge < -0.3 is 4.90 Å². The van der Waals surface area contributed by atoms with E-state index in [1.807, 2.05) is 35.2 Å². The molecule has 1 aliphatic heterocycles. The third-order valence-electron chi connectivity index (χ3n) is 3.21. The summed E-state index contributed by atoms with van der Waals surface area (Å²) in [6, 6.07) is 14.6. The summed E-state index contributed by atoms with van der Waals surface area (Å²) < 4.78 is 13.9. The van der Waals surface area contributed by atoms with Crippen LogP contribution in [0.25, 0.3) is 0 Å². The number of hydrogen-bond acceptors (Lipinski definition) is 3. The average Bonchev–Trinajstić information content (AvgIpc) is 2.92. The Hall–Kier alpha value is -2.07. The van der Waals surface area contributed by atoms with E-state index in [0.29, 0.717) is 23.7 Å². The molecule has 0 fully saturated rings. The highest BCUT2D eigenvalue weighted by atomic mass is 35.5. The van der Waals surface area contributed by atoms with E-state index in [-0.39, 0.29) is 5.82 Å². The Morgan fingerprint density at radius 1 is 1.15 bits per heavy atom. The number of hydrogen-bond donors (Lipinski definition) is 1. The number of amidine groups is 1. The van der Waals surface area contributed by atoms with Gasteiger partial charge in [0.2, 0.25) is 0 Å². The van der Waals surface area contributed by atoms with Crippen molar-refractivity contribution in [2.45, 2.75) is 6.42 Å². The van der Waals surface area contributed by atoms with Crippen LogP contribution in [0.5, 0.6) is 0 Å². The Balaban J connectivity index is 1.87. The van der Waals surface area contributed by atoms with Crippen molar-refractivity contribution in [3.05, 3.63) is 64.9 Å². The number of halogens is 2. The molecule has 3 nitrogen and oxygen atoms in total. The minimum absolute atomic E-state index is 0.305. The monoisotopic (exact) mass is 289 g/mol. The zero-order chi connectivity index (χ0) is 13.9. The van der Waals surface area contributed by atoms with Crippen molar-refractivity contribution in [1.29, 1.82) is 0 Å². The highest BCUT2D eigenvalue weighted by Crippen LogP contribution is 2.23. The summed E-state index contributed by atoms with van der Waals surface area (Å²) in [7, 11) is 0. The van der Waals surface area contributed by atoms with Crippen LogP contribution in [-0.2, 0) is 6.42 Å². The standard InChI is InChI=1S/C15H13ClFN3/c16-13-7-4-8-14(17)12(13)9-15-19-18-10-20(15)11-5-2-1-3-6-11/h1-8,18H,9-10H2. The lowest BCUT2D eigenvalue weighted by atomic mass is 10.1. The molecule has 0 unspecified atom stereocenters. The molecular formula is C15H13ClFN3. The van der Waals surface area contributed by atoms with Crippen molar-refractivity contribution >= 4 is 23.1 Å². The Labute approximate surface area is 121 Å². The lowest BCUT2D eigenvalue weighted by Gasteiger charge is -2.19. The number of nitrogens with zero attached hydrogens (tertiary/aromatic N) is 2. The highest BCUT2D eigenvalue weighted by molar-refractivity contribution is 6.31. The van der Waals surface area contributed by atoms with Gasteiger partial charge in [-0.2, -0.15) is 5.10 Å². The van der Waals surface area contributed by atoms with Gasteiger partial charge in [0.05, 0.1) is 0 Å². The van der Waals surface area contributed by atoms with Gasteiger partial charge in [0.1, 0.15) is 18.3 Å². The van der Waals surface area contributed by atoms with Crippen molar-refractivity contribution in [2.24, 2.45) is 5.10 Å². The first-order valence-corrected chi connectivity index (χ1v) is 6.68. The third kappa shape index (κ3) is 2.47. The van der Waals surface area contributed by atoms with Crippen LogP contribution in [0.15, 0.2) is 53.6 Å². The topological polar surface area (TPSA) is 27.6 Å². The normalized spacial score (nSPS) is 14.1. The molecule has 0 radical (unpaired) electrons. The second kappa shape index (κ2) is 5.51. The summed E-state index contributed by atoms with van der Waals surface area (Å²) >= 11 is 6.07. The summed E-state index contributed by atoms with van der Waals surface area (Å²) in [4.78, 5) is 2.00. The van der Waals surface area contributed by atoms with E-state index >= 15 is 0 Å². The zero-order valence-corrected chi connectivity index (χ0v) is 11.4. The van der Waals surface area contributed by atoms with Crippen LogP contribution in [-0.4, -0.2) is 12.5 Å². The second-order valence-corrected chi connectivity index (χ2v) is 4.89. The largest absolute Gasteiger partial charge is 0.309 e. The van der Waals surface area contributed by atoms with E-state index in [0.717, 1.165) is 11.5 Å². The quantitative estimate of drug-likeness (QED) is 0.938. The van der Waals surface area contributed by atoms with Crippen LogP contribution in [0, 0.1) is 5.82 Å². The number of rotatable bonds is 3. The Kier molecular flexibility index (Phi) is 3.56. The zero-order valence-electron chi connectivity index (χ0n) is 10.7. The fourth-order valence-corrected chi connectivity index (χ4v) is 2.42. The van der Waals surface area contributed by atoms with Crippen molar-refractivity contribution in [1.82, 2.24) is 5.43 Å². The second-order valence-electron chi connectivity index (χ2n) is 4.48. The van der Waals surface area contributed by atoms with Gasteiger partial charge in [-0.1, -0.05) is 35.9 Å². The number of hydrazone groups is 1. The van der Waals surface area contributed by atoms with Crippen LogP contribution in [0.1, 0.15) is 5.56 Å². The fourth-order valence-electron chi connectivity index (χ4n) is 2.19. The van der Waals surface area contributed by atoms with Gasteiger partial charge in [0.25, 0.3) is 0 Å². The number of para-hydroxylation sites is 1. The summed E-state index contributed by atoms with van der Waals surface area (Å²) in [5.41, 5.74) is 4.42. The van der Waals surface area contributed by atoms with Crippen molar-refractivity contribution in [3.63, 3.8) is 0 Å². The maximum Gasteiger partial charge on any atom is 0.135 e. The fraction of sp³-hybridized carbons (Fsp3) is 0.133. The third-order valence-corrected chi connectivity index (χ3v) is 3.57. The van der Waals surface area contributed by atoms with Gasteiger partial charge in [0, 0.05) is 22.7 Å². The molecule has 0 aromatic heterocycles. The van der Waals surface area contributed by atoms with Crippen LogP contribution < -0.4 is 10.3 Å². The molecule has 1 aliphatic rings. The average molecular weight is 290 g/mol. The van der Waals surface area contributed by atoms with Gasteiger partial charge in [-0.25, -0.2) is 4.39 Å². The van der Waals surface area contributed by atoms with E-state index in [1.165, 1.54) is 6.07 Å². The Morgan fingerprint density at radius 2 is 1.95 bits per heavy atom. The molecule has 102 valence electrons. The van der Waals surface area contributed by atoms with Crippen molar-refractivity contribution < 1.29 is 4.39 Å². The minimum Gasteiger partial charge on any atom is -0.309 e. The molecule has 0 bridgehead atoms. The van der Waals surface area contributed by atoms with E-state index in [9.17, 15) is 4.39 Å². The molecule has 5 heteroatoms. The molecule has 0 spiro atoms. The van der Waals surface area contributed by atoms with Crippen LogP contribution in [0.3, 0.4) is 0 Å². The predicted octanol–water partition coefficient (Wildman–Crippen LogP) is 3.40. The number of nitrogens with one attached hydrogen (secondary N) is 1. The molecule has 0 saturated heterocycles. The lowest BCUT2D eigenvalue weighted by molar-refractivity contribution is 0.616. The highest BCUT2D eigenvalue weighted by Gasteiger charge is 2.21. The summed E-state index contributed by atoms with van der Waals surface area (Å²) in [5, 5.41) is 4.66. The van der Waals surface area contributed by atoms with E-state index < -0.39 is 0 Å². The van der Waals surface area contributed by atoms with E-state index in [1.54, 1.807) is 12.1 Å². The molecule has 0 atom stereocenters. The molecule has 2 aromatic rings. The van der Waals surface area contributed by atoms with Gasteiger partial charge in [-0.3, -0.25) is 5.43 Å². The molecule has 2 aromatic carbocycles. The smallest absolute Gasteiger partial charge is 0.135 e. The number of anilines is 1. The Morgan fingerprint density at radius 3 is 2.70 bits per heavy atom. The summed E-state index contributed by atoms with van der Waals surface area (Å²) in [5.74, 6) is 0.448. The molecule has 0 amide bonds. The first-order chi connectivity index (χ1) is 9.75. The summed E-state index contributed by atoms with van der Waals surface area (Å²) in [6.45, 7) is 0.575. The van der Waals surface area contributed by atoms with E-state index in [2.05, 4.69) is 10.5 Å². The Bertz CT molecular complexity index is 623. The molecule has 3 rings (SSSR count). The molecular weight excluding hydrogens is 277 g/mol. The minimum atomic E-state index is -0.305. The van der Waals surface area contributed by atoms with Crippen LogP contribution in [0.2, 0.25) is 5.02 Å². The van der Waals surface area contributed by atoms with Crippen LogP contribution in [0.4, 0.5) is 10.1 Å². The molecule has 20 heavy (non-hydrogen) atoms. The first-order valence-electron chi connectivity index (χ1n) is 6.30. The van der Waals surface area contributed by atoms with Crippen LogP contribution >= 0.6 is 11.6 Å². The molecule has 1 N–H and O–H groups in total. The van der Waals surface area contributed by atoms with E-state index in [4.69, 9.17) is 11.6 Å². The molecule has 0 aliphatic carbocycles. The van der Waals surface area contributed by atoms with Crippen molar-refractivity contribution in [3.8, 4) is 0 Å². The van der Waals surface area contributed by atoms with Crippen molar-refractivity contribution in [2.75, 3.05) is 11.6 Å². The SMILES string of the molecule is Fc1cccc(Cl)c1CC1=NNCN1c1ccccc1. The van der Waals surface area contributed by atoms with Gasteiger partial charge in [0.15, 0.2) is 0 Å². The van der Waals surface area contributed by atoms with Gasteiger partial charge in [-0.15, -0.1) is 0 Å². The summed E-state index contributed by atoms with van der Waals surface area (Å²) in [6.07, 6.45) is 0.355. The first kappa shape index (κ1) is 12.9. The van der Waals surface area contributed by atoms with Gasteiger partial charge >= 0.3 is 0 Å². The number of benzene rings is 2. The van der Waals surface area contributed by atoms with Gasteiger partial charge in [-0.05, 0) is 24.3 Å². The molecule has 0 saturated carbocycles. The maximum atomic E-state index is 13.9.